The zero-order chi connectivity index (χ0) is 31.1. The normalized spacial score (nSPS) is 19.0. The number of nitrogens with one attached hydrogen (secondary N) is 1. The number of nitrogens with zero attached hydrogens (tertiary/aromatic N) is 2. The van der Waals surface area contributed by atoms with Gasteiger partial charge in [-0.1, -0.05) is 65.0 Å². The number of amides is 3. The van der Waals surface area contributed by atoms with Gasteiger partial charge in [0.2, 0.25) is 17.7 Å². The number of esters is 1. The summed E-state index contributed by atoms with van der Waals surface area (Å²) in [6.07, 6.45) is 0. The molecule has 224 valence electrons. The van der Waals surface area contributed by atoms with E-state index in [1.165, 1.54) is 16.7 Å². The third kappa shape index (κ3) is 5.36. The molecule has 3 heterocycles. The second-order valence-electron chi connectivity index (χ2n) is 10.4. The van der Waals surface area contributed by atoms with Crippen LogP contribution in [0.25, 0.3) is 0 Å². The molecule has 3 aromatic carbocycles. The highest BCUT2D eigenvalue weighted by atomic mass is 35.5. The van der Waals surface area contributed by atoms with Gasteiger partial charge in [-0.25, -0.2) is 9.69 Å². The van der Waals surface area contributed by atoms with Crippen LogP contribution in [0.4, 0.5) is 11.4 Å². The summed E-state index contributed by atoms with van der Waals surface area (Å²) in [6.45, 7) is 3.55. The highest BCUT2D eigenvalue weighted by Crippen LogP contribution is 2.54. The van der Waals surface area contributed by atoms with Crippen molar-refractivity contribution in [3.63, 3.8) is 0 Å². The first-order valence-electron chi connectivity index (χ1n) is 13.8. The van der Waals surface area contributed by atoms with Gasteiger partial charge < -0.3 is 10.1 Å². The van der Waals surface area contributed by atoms with E-state index in [0.29, 0.717) is 31.9 Å². The van der Waals surface area contributed by atoms with Crippen LogP contribution in [0, 0.1) is 12.8 Å². The molecule has 2 aliphatic heterocycles. The third-order valence-electron chi connectivity index (χ3n) is 7.64. The average Bonchev–Trinajstić information content (AvgIpc) is 3.45. The van der Waals surface area contributed by atoms with Gasteiger partial charge in [0.1, 0.15) is 11.8 Å². The molecule has 3 atom stereocenters. The maximum Gasteiger partial charge on any atom is 0.338 e. The van der Waals surface area contributed by atoms with Crippen molar-refractivity contribution in [3.05, 3.63) is 109 Å². The minimum Gasteiger partial charge on any atom is -0.462 e. The molecule has 6 rings (SSSR count). The number of aryl methyl sites for hydroxylation is 1. The number of imide groups is 1. The number of benzene rings is 3. The molecule has 0 spiro atoms. The Morgan fingerprint density at radius 3 is 2.34 bits per heavy atom. The van der Waals surface area contributed by atoms with E-state index in [1.54, 1.807) is 49.4 Å². The first-order valence-corrected chi connectivity index (χ1v) is 15.9. The molecule has 1 aromatic heterocycles. The quantitative estimate of drug-likeness (QED) is 0.209. The van der Waals surface area contributed by atoms with Crippen LogP contribution in [0.5, 0.6) is 0 Å². The van der Waals surface area contributed by atoms with Gasteiger partial charge in [0.05, 0.1) is 28.8 Å². The average molecular weight is 648 g/mol. The molecule has 0 radical (unpaired) electrons. The fraction of sp³-hybridized carbons (Fsp3) is 0.219. The van der Waals surface area contributed by atoms with Gasteiger partial charge in [0, 0.05) is 21.5 Å². The number of carbonyl (C=O) groups is 4. The number of ether oxygens (including phenoxy) is 1. The molecule has 1 fully saturated rings. The molecule has 4 aromatic rings. The van der Waals surface area contributed by atoms with Crippen LogP contribution in [-0.4, -0.2) is 40.1 Å². The Morgan fingerprint density at radius 2 is 1.66 bits per heavy atom. The standard InChI is InChI=1S/C32H26ClN3O6S2/c1-3-42-31(40)19-10-14-21(15-11-19)36-28(38)25-24(18-8-12-20(33)13-9-18)27-30(43-26(25)29(36)39)35(32(41)44-27)16-23(37)34-22-7-5-4-6-17(22)2/h4-15,24-26H,3,16H2,1-2H3,(H,34,37)/t24-,25-,26+/m0/s1. The van der Waals surface area contributed by atoms with E-state index >= 15 is 0 Å². The van der Waals surface area contributed by atoms with E-state index in [0.717, 1.165) is 39.1 Å². The van der Waals surface area contributed by atoms with Crippen molar-refractivity contribution in [1.82, 2.24) is 4.57 Å². The van der Waals surface area contributed by atoms with Crippen LogP contribution >= 0.6 is 34.7 Å². The number of aromatic nitrogens is 1. The van der Waals surface area contributed by atoms with Gasteiger partial charge in [-0.15, -0.1) is 0 Å². The Bertz CT molecular complexity index is 1850. The Balaban J connectivity index is 1.37. The minimum atomic E-state index is -0.847. The predicted molar refractivity (Wildman–Crippen MR) is 170 cm³/mol. The third-order valence-corrected chi connectivity index (χ3v) is 10.5. The van der Waals surface area contributed by atoms with Crippen molar-refractivity contribution in [2.75, 3.05) is 16.8 Å². The maximum absolute atomic E-state index is 14.1. The second-order valence-corrected chi connectivity index (χ2v) is 12.9. The highest BCUT2D eigenvalue weighted by Gasteiger charge is 2.56. The Hall–Kier alpha value is -4.19. The van der Waals surface area contributed by atoms with Crippen LogP contribution < -0.4 is 15.1 Å². The molecule has 12 heteroatoms. The highest BCUT2D eigenvalue weighted by molar-refractivity contribution is 8.00. The van der Waals surface area contributed by atoms with Gasteiger partial charge >= 0.3 is 10.8 Å². The van der Waals surface area contributed by atoms with E-state index < -0.39 is 34.9 Å². The van der Waals surface area contributed by atoms with Crippen molar-refractivity contribution < 1.29 is 23.9 Å². The van der Waals surface area contributed by atoms with Crippen molar-refractivity contribution in [2.45, 2.75) is 36.6 Å². The summed E-state index contributed by atoms with van der Waals surface area (Å²) in [5.74, 6) is -3.16. The lowest BCUT2D eigenvalue weighted by atomic mass is 9.83. The maximum atomic E-state index is 14.1. The zero-order valence-corrected chi connectivity index (χ0v) is 26.0. The summed E-state index contributed by atoms with van der Waals surface area (Å²) >= 11 is 8.28. The van der Waals surface area contributed by atoms with Crippen LogP contribution in [-0.2, 0) is 25.7 Å². The lowest BCUT2D eigenvalue weighted by molar-refractivity contribution is -0.122. The summed E-state index contributed by atoms with van der Waals surface area (Å²) in [7, 11) is 0. The van der Waals surface area contributed by atoms with Crippen LogP contribution in [0.2, 0.25) is 5.02 Å². The van der Waals surface area contributed by atoms with Gasteiger partial charge in [-0.2, -0.15) is 0 Å². The summed E-state index contributed by atoms with van der Waals surface area (Å²) < 4.78 is 6.42. The van der Waals surface area contributed by atoms with Crippen LogP contribution in [0.1, 0.15) is 39.2 Å². The number of hydrogen-bond acceptors (Lipinski definition) is 8. The summed E-state index contributed by atoms with van der Waals surface area (Å²) in [4.78, 5) is 68.0. The number of anilines is 2. The molecule has 1 N–H and O–H groups in total. The van der Waals surface area contributed by atoms with E-state index in [2.05, 4.69) is 5.32 Å². The first-order chi connectivity index (χ1) is 21.2. The minimum absolute atomic E-state index is 0.221. The zero-order valence-electron chi connectivity index (χ0n) is 23.6. The summed E-state index contributed by atoms with van der Waals surface area (Å²) in [5, 5.41) is 3.01. The molecular weight excluding hydrogens is 622 g/mol. The van der Waals surface area contributed by atoms with Gasteiger partial charge in [0.25, 0.3) is 0 Å². The van der Waals surface area contributed by atoms with E-state index in [-0.39, 0.29) is 23.9 Å². The summed E-state index contributed by atoms with van der Waals surface area (Å²) in [5.41, 5.74) is 2.88. The van der Waals surface area contributed by atoms with Gasteiger partial charge in [-0.3, -0.25) is 23.7 Å². The lowest BCUT2D eigenvalue weighted by Crippen LogP contribution is -2.33. The Kier molecular flexibility index (Phi) is 8.19. The number of carbonyl (C=O) groups excluding carboxylic acids is 4. The molecule has 0 unspecified atom stereocenters. The van der Waals surface area contributed by atoms with Crippen molar-refractivity contribution in [1.29, 1.82) is 0 Å². The molecule has 0 bridgehead atoms. The molecule has 0 saturated carbocycles. The number of thioether (sulfide) groups is 1. The van der Waals surface area contributed by atoms with Crippen molar-refractivity contribution in [3.8, 4) is 0 Å². The SMILES string of the molecule is CCOC(=O)c1ccc(N2C(=O)[C@H]3[C@H](c4ccc(Cl)cc4)c4sc(=O)n(CC(=O)Nc5ccccc5C)c4S[C@H]3C2=O)cc1. The number of fused-ring (bicyclic) bond motifs is 2. The molecule has 44 heavy (non-hydrogen) atoms. The number of para-hydroxylation sites is 1. The van der Waals surface area contributed by atoms with E-state index in [1.807, 2.05) is 25.1 Å². The molecule has 9 nitrogen and oxygen atoms in total. The van der Waals surface area contributed by atoms with Crippen molar-refractivity contribution >= 4 is 69.8 Å². The number of rotatable bonds is 7. The molecule has 1 saturated heterocycles. The van der Waals surface area contributed by atoms with E-state index in [4.69, 9.17) is 16.3 Å². The topological polar surface area (TPSA) is 115 Å². The molecule has 0 aliphatic carbocycles. The summed E-state index contributed by atoms with van der Waals surface area (Å²) in [6, 6.07) is 20.4. The van der Waals surface area contributed by atoms with Gasteiger partial charge in [0.15, 0.2) is 0 Å². The first kappa shape index (κ1) is 29.9. The monoisotopic (exact) mass is 647 g/mol. The fourth-order valence-corrected chi connectivity index (χ4v) is 8.45. The number of thiazole rings is 1. The largest absolute Gasteiger partial charge is 0.462 e. The molecule has 2 aliphatic rings. The second kappa shape index (κ2) is 12.1. The molecular formula is C32H26ClN3O6S2. The van der Waals surface area contributed by atoms with Crippen LogP contribution in [0.15, 0.2) is 82.6 Å². The molecule has 3 amide bonds. The predicted octanol–water partition coefficient (Wildman–Crippen LogP) is 5.48. The van der Waals surface area contributed by atoms with Crippen molar-refractivity contribution in [2.24, 2.45) is 5.92 Å². The fourth-order valence-electron chi connectivity index (χ4n) is 5.55. The Morgan fingerprint density at radius 1 is 0.955 bits per heavy atom. The van der Waals surface area contributed by atoms with Crippen LogP contribution in [0.3, 0.4) is 0 Å². The Labute approximate surface area is 265 Å². The van der Waals surface area contributed by atoms with Gasteiger partial charge in [-0.05, 0) is 67.4 Å². The smallest absolute Gasteiger partial charge is 0.338 e. The number of hydrogen-bond donors (Lipinski definition) is 1. The lowest BCUT2D eigenvalue weighted by Gasteiger charge is -2.30. The van der Waals surface area contributed by atoms with E-state index in [9.17, 15) is 24.0 Å². The number of halogens is 1.